The van der Waals surface area contributed by atoms with Gasteiger partial charge in [0.15, 0.2) is 5.78 Å². The molecule has 0 saturated heterocycles. The second-order valence-corrected chi connectivity index (χ2v) is 4.73. The molecule has 0 heterocycles. The van der Waals surface area contributed by atoms with Crippen LogP contribution in [0.4, 0.5) is 0 Å². The molecule has 1 aromatic rings. The van der Waals surface area contributed by atoms with Crippen molar-refractivity contribution in [3.05, 3.63) is 35.9 Å². The largest absolute Gasteiger partial charge is 0.346 e. The average Bonchev–Trinajstić information content (AvgIpc) is 2.38. The van der Waals surface area contributed by atoms with Crippen molar-refractivity contribution in [3.8, 4) is 0 Å². The molecule has 1 rings (SSSR count). The first kappa shape index (κ1) is 14.4. The smallest absolute Gasteiger partial charge is 0.223 e. The molecule has 1 aromatic carbocycles. The summed E-state index contributed by atoms with van der Waals surface area (Å²) in [5, 5.41) is 2.83. The molecule has 3 nitrogen and oxygen atoms in total. The van der Waals surface area contributed by atoms with Crippen LogP contribution in [0.3, 0.4) is 0 Å². The average molecular weight is 247 g/mol. The Labute approximate surface area is 109 Å². The lowest BCUT2D eigenvalue weighted by atomic mass is 10.0. The van der Waals surface area contributed by atoms with Crippen LogP contribution in [0, 0.1) is 5.92 Å². The van der Waals surface area contributed by atoms with E-state index in [9.17, 15) is 9.59 Å². The van der Waals surface area contributed by atoms with Crippen LogP contribution in [-0.4, -0.2) is 17.7 Å². The molecule has 1 N–H and O–H groups in total. The Kier molecular flexibility index (Phi) is 5.56. The monoisotopic (exact) mass is 247 g/mol. The predicted molar refractivity (Wildman–Crippen MR) is 72.2 cm³/mol. The number of Topliss-reactive ketones (excluding diaryl/α,β-unsaturated/α-hetero) is 1. The fourth-order valence-electron chi connectivity index (χ4n) is 1.68. The van der Waals surface area contributed by atoms with Gasteiger partial charge in [0, 0.05) is 12.3 Å². The molecule has 0 radical (unpaired) electrons. The van der Waals surface area contributed by atoms with Crippen molar-refractivity contribution < 1.29 is 9.59 Å². The van der Waals surface area contributed by atoms with Crippen LogP contribution in [0.15, 0.2) is 30.3 Å². The Morgan fingerprint density at radius 1 is 1.17 bits per heavy atom. The number of carbonyl (C=O) groups is 2. The first-order chi connectivity index (χ1) is 8.54. The van der Waals surface area contributed by atoms with Gasteiger partial charge in [-0.3, -0.25) is 9.59 Å². The topological polar surface area (TPSA) is 46.2 Å². The van der Waals surface area contributed by atoms with E-state index in [4.69, 9.17) is 0 Å². The molecule has 0 spiro atoms. The Bertz CT molecular complexity index is 398. The van der Waals surface area contributed by atoms with Crippen molar-refractivity contribution in [3.63, 3.8) is 0 Å². The molecule has 1 atom stereocenters. The van der Waals surface area contributed by atoms with E-state index in [0.29, 0.717) is 12.8 Å². The normalized spacial score (nSPS) is 12.2. The highest BCUT2D eigenvalue weighted by molar-refractivity contribution is 5.89. The lowest BCUT2D eigenvalue weighted by Crippen LogP contribution is -2.43. The van der Waals surface area contributed by atoms with E-state index < -0.39 is 6.04 Å². The minimum Gasteiger partial charge on any atom is -0.346 e. The highest BCUT2D eigenvalue weighted by atomic mass is 16.2. The van der Waals surface area contributed by atoms with Crippen LogP contribution >= 0.6 is 0 Å². The number of benzene rings is 1. The van der Waals surface area contributed by atoms with Crippen LogP contribution in [0.5, 0.6) is 0 Å². The third kappa shape index (κ3) is 4.32. The molecule has 0 aliphatic heterocycles. The van der Waals surface area contributed by atoms with Crippen molar-refractivity contribution in [2.24, 2.45) is 5.92 Å². The van der Waals surface area contributed by atoms with Gasteiger partial charge in [0.2, 0.25) is 5.91 Å². The van der Waals surface area contributed by atoms with Gasteiger partial charge < -0.3 is 5.32 Å². The number of amides is 1. The molecule has 0 aliphatic rings. The van der Waals surface area contributed by atoms with E-state index in [1.54, 1.807) is 0 Å². The molecule has 0 bridgehead atoms. The van der Waals surface area contributed by atoms with Gasteiger partial charge in [0.25, 0.3) is 0 Å². The maximum absolute atomic E-state index is 11.9. The number of nitrogens with one attached hydrogen (secondary N) is 1. The number of hydrogen-bond acceptors (Lipinski definition) is 2. The van der Waals surface area contributed by atoms with Crippen molar-refractivity contribution in [2.75, 3.05) is 0 Å². The summed E-state index contributed by atoms with van der Waals surface area (Å²) in [4.78, 5) is 23.6. The molecule has 0 fully saturated rings. The predicted octanol–water partition coefficient (Wildman–Crippen LogP) is 2.35. The Balaban J connectivity index is 2.73. The molecule has 18 heavy (non-hydrogen) atoms. The molecule has 1 amide bonds. The molecular formula is C15H21NO2. The second-order valence-electron chi connectivity index (χ2n) is 4.73. The summed E-state index contributed by atoms with van der Waals surface area (Å²) in [7, 11) is 0. The Hall–Kier alpha value is -1.64. The Morgan fingerprint density at radius 2 is 1.78 bits per heavy atom. The lowest BCUT2D eigenvalue weighted by molar-refractivity contribution is -0.129. The van der Waals surface area contributed by atoms with Crippen molar-refractivity contribution in [1.29, 1.82) is 0 Å². The maximum atomic E-state index is 11.9. The van der Waals surface area contributed by atoms with Crippen molar-refractivity contribution in [2.45, 2.75) is 39.7 Å². The first-order valence-corrected chi connectivity index (χ1v) is 6.41. The summed E-state index contributed by atoms with van der Waals surface area (Å²) in [6.45, 7) is 5.47. The zero-order valence-corrected chi connectivity index (χ0v) is 11.3. The van der Waals surface area contributed by atoms with E-state index in [-0.39, 0.29) is 17.6 Å². The van der Waals surface area contributed by atoms with E-state index in [1.807, 2.05) is 51.1 Å². The number of ketones is 1. The summed E-state index contributed by atoms with van der Waals surface area (Å²) < 4.78 is 0. The van der Waals surface area contributed by atoms with Crippen LogP contribution in [0.2, 0.25) is 0 Å². The number of rotatable bonds is 6. The van der Waals surface area contributed by atoms with E-state index >= 15 is 0 Å². The van der Waals surface area contributed by atoms with Crippen LogP contribution in [-0.2, 0) is 16.0 Å². The zero-order chi connectivity index (χ0) is 13.5. The summed E-state index contributed by atoms with van der Waals surface area (Å²) in [6.07, 6.45) is 1.00. The summed E-state index contributed by atoms with van der Waals surface area (Å²) in [5.41, 5.74) is 1.06. The summed E-state index contributed by atoms with van der Waals surface area (Å²) in [6, 6.07) is 9.34. The van der Waals surface area contributed by atoms with Crippen LogP contribution < -0.4 is 5.32 Å². The minimum atomic E-state index is -0.410. The fraction of sp³-hybridized carbons (Fsp3) is 0.467. The molecule has 98 valence electrons. The van der Waals surface area contributed by atoms with Crippen LogP contribution in [0.1, 0.15) is 32.8 Å². The van der Waals surface area contributed by atoms with Crippen LogP contribution in [0.25, 0.3) is 0 Å². The first-order valence-electron chi connectivity index (χ1n) is 6.41. The third-order valence-electron chi connectivity index (χ3n) is 2.86. The van der Waals surface area contributed by atoms with E-state index in [1.165, 1.54) is 0 Å². The zero-order valence-electron chi connectivity index (χ0n) is 11.3. The van der Waals surface area contributed by atoms with Gasteiger partial charge >= 0.3 is 0 Å². The SMILES string of the molecule is CCC(=O)[C@H](Cc1ccccc1)NC(=O)C(C)C. The van der Waals surface area contributed by atoms with E-state index in [0.717, 1.165) is 5.56 Å². The maximum Gasteiger partial charge on any atom is 0.223 e. The molecule has 3 heteroatoms. The van der Waals surface area contributed by atoms with Gasteiger partial charge in [-0.05, 0) is 12.0 Å². The Morgan fingerprint density at radius 3 is 2.28 bits per heavy atom. The van der Waals surface area contributed by atoms with Gasteiger partial charge in [0.05, 0.1) is 6.04 Å². The van der Waals surface area contributed by atoms with Gasteiger partial charge in [0.1, 0.15) is 0 Å². The highest BCUT2D eigenvalue weighted by Crippen LogP contribution is 2.06. The van der Waals surface area contributed by atoms with Gasteiger partial charge in [-0.15, -0.1) is 0 Å². The standard InChI is InChI=1S/C15H21NO2/c1-4-14(17)13(16-15(18)11(2)3)10-12-8-6-5-7-9-12/h5-9,11,13H,4,10H2,1-3H3,(H,16,18)/t13-/m0/s1. The molecule has 0 saturated carbocycles. The lowest BCUT2D eigenvalue weighted by Gasteiger charge is -2.18. The minimum absolute atomic E-state index is 0.0715. The van der Waals surface area contributed by atoms with Gasteiger partial charge in [-0.25, -0.2) is 0 Å². The number of carbonyl (C=O) groups excluding carboxylic acids is 2. The quantitative estimate of drug-likeness (QED) is 0.838. The number of hydrogen-bond donors (Lipinski definition) is 1. The molecule has 0 aliphatic carbocycles. The summed E-state index contributed by atoms with van der Waals surface area (Å²) in [5.74, 6) is -0.0986. The highest BCUT2D eigenvalue weighted by Gasteiger charge is 2.20. The van der Waals surface area contributed by atoms with Gasteiger partial charge in [-0.2, -0.15) is 0 Å². The molecular weight excluding hydrogens is 226 g/mol. The van der Waals surface area contributed by atoms with Crippen molar-refractivity contribution in [1.82, 2.24) is 5.32 Å². The van der Waals surface area contributed by atoms with Gasteiger partial charge in [-0.1, -0.05) is 51.1 Å². The molecule has 0 aromatic heterocycles. The molecule has 0 unspecified atom stereocenters. The fourth-order valence-corrected chi connectivity index (χ4v) is 1.68. The third-order valence-corrected chi connectivity index (χ3v) is 2.86. The van der Waals surface area contributed by atoms with Crippen molar-refractivity contribution >= 4 is 11.7 Å². The van der Waals surface area contributed by atoms with E-state index in [2.05, 4.69) is 5.32 Å². The second kappa shape index (κ2) is 6.94. The summed E-state index contributed by atoms with van der Waals surface area (Å²) >= 11 is 0.